The van der Waals surface area contributed by atoms with Crippen molar-refractivity contribution in [2.24, 2.45) is 0 Å². The molecule has 0 aliphatic heterocycles. The number of anilines is 3. The van der Waals surface area contributed by atoms with Crippen LogP contribution in [-0.4, -0.2) is 4.57 Å². The van der Waals surface area contributed by atoms with E-state index >= 15 is 0 Å². The van der Waals surface area contributed by atoms with Crippen molar-refractivity contribution in [1.29, 1.82) is 0 Å². The van der Waals surface area contributed by atoms with Gasteiger partial charge >= 0.3 is 0 Å². The molecule has 4 heteroatoms. The second kappa shape index (κ2) is 13.6. The van der Waals surface area contributed by atoms with Crippen LogP contribution in [0.1, 0.15) is 0 Å². The number of hydrogen-bond acceptors (Lipinski definition) is 3. The predicted molar refractivity (Wildman–Crippen MR) is 258 cm³/mol. The Hall–Kier alpha value is -8.34. The maximum atomic E-state index is 6.64. The minimum atomic E-state index is 0.880. The molecule has 0 spiro atoms. The first kappa shape index (κ1) is 34.5. The summed E-state index contributed by atoms with van der Waals surface area (Å²) in [5, 5.41) is 9.23. The van der Waals surface area contributed by atoms with E-state index in [-0.39, 0.29) is 0 Å². The van der Waals surface area contributed by atoms with E-state index in [1.54, 1.807) is 0 Å². The normalized spacial score (nSPS) is 11.9. The van der Waals surface area contributed by atoms with Crippen molar-refractivity contribution in [2.45, 2.75) is 0 Å². The summed E-state index contributed by atoms with van der Waals surface area (Å²) in [5.74, 6) is 0. The van der Waals surface area contributed by atoms with E-state index in [0.29, 0.717) is 0 Å². The smallest absolute Gasteiger partial charge is 0.143 e. The van der Waals surface area contributed by atoms with Crippen LogP contribution in [0.4, 0.5) is 17.1 Å². The molecule has 290 valence electrons. The topological polar surface area (TPSA) is 34.5 Å². The maximum absolute atomic E-state index is 6.64. The standard InChI is InChI=1S/C58H36N2O2/c1-2-16-44-38(13-1)29-33-48-57-43(20-12-26-56(57)62-58(44)48)40-14-11-15-42(35-40)59(41-31-27-37(28-32-41)39-30-34-55-49(36-39)47-19-5-10-25-54(47)61-55)52-23-8-9-24-53(52)60-50-21-6-3-17-45(50)46-18-4-7-22-51(46)60/h1-36H. The number of para-hydroxylation sites is 5. The van der Waals surface area contributed by atoms with E-state index in [4.69, 9.17) is 8.83 Å². The van der Waals surface area contributed by atoms with Crippen LogP contribution in [0, 0.1) is 0 Å². The van der Waals surface area contributed by atoms with Crippen molar-refractivity contribution in [3.63, 3.8) is 0 Å². The van der Waals surface area contributed by atoms with E-state index in [1.165, 1.54) is 27.2 Å². The molecule has 3 heterocycles. The van der Waals surface area contributed by atoms with Gasteiger partial charge in [0.05, 0.1) is 22.4 Å². The number of hydrogen-bond donors (Lipinski definition) is 0. The predicted octanol–water partition coefficient (Wildman–Crippen LogP) is 16.5. The second-order valence-electron chi connectivity index (χ2n) is 16.0. The molecule has 0 aliphatic rings. The molecule has 0 N–H and O–H groups in total. The third-order valence-electron chi connectivity index (χ3n) is 12.6. The van der Waals surface area contributed by atoms with Gasteiger partial charge in [0.2, 0.25) is 0 Å². The first-order chi connectivity index (χ1) is 30.7. The third-order valence-corrected chi connectivity index (χ3v) is 12.6. The molecule has 13 aromatic rings. The van der Waals surface area contributed by atoms with Gasteiger partial charge in [-0.3, -0.25) is 0 Å². The summed E-state index contributed by atoms with van der Waals surface area (Å²) < 4.78 is 15.2. The lowest BCUT2D eigenvalue weighted by molar-refractivity contribution is 0.669. The third kappa shape index (κ3) is 5.27. The SMILES string of the molecule is c1cc(-c2cccc3oc4c5ccccc5ccc4c23)cc(N(c2ccc(-c3ccc4oc5ccccc5c4c3)cc2)c2ccccc2-n2c3ccccc3c3ccccc32)c1. The second-order valence-corrected chi connectivity index (χ2v) is 16.0. The highest BCUT2D eigenvalue weighted by molar-refractivity contribution is 6.19. The van der Waals surface area contributed by atoms with E-state index in [0.717, 1.165) is 94.3 Å². The lowest BCUT2D eigenvalue weighted by Gasteiger charge is -2.29. The van der Waals surface area contributed by atoms with Crippen LogP contribution in [0.5, 0.6) is 0 Å². The molecular formula is C58H36N2O2. The zero-order valence-electron chi connectivity index (χ0n) is 33.5. The molecule has 0 radical (unpaired) electrons. The van der Waals surface area contributed by atoms with Gasteiger partial charge in [-0.1, -0.05) is 140 Å². The Kier molecular flexibility index (Phi) is 7.57. The number of fused-ring (bicyclic) bond motifs is 11. The van der Waals surface area contributed by atoms with Crippen LogP contribution in [0.25, 0.3) is 104 Å². The molecule has 13 rings (SSSR count). The Morgan fingerprint density at radius 2 is 1.02 bits per heavy atom. The largest absolute Gasteiger partial charge is 0.456 e. The molecule has 3 aromatic heterocycles. The maximum Gasteiger partial charge on any atom is 0.143 e. The first-order valence-corrected chi connectivity index (χ1v) is 21.1. The fourth-order valence-corrected chi connectivity index (χ4v) is 9.77. The van der Waals surface area contributed by atoms with Gasteiger partial charge in [0.25, 0.3) is 0 Å². The summed E-state index contributed by atoms with van der Waals surface area (Å²) in [6.45, 7) is 0. The fourth-order valence-electron chi connectivity index (χ4n) is 9.77. The number of aromatic nitrogens is 1. The molecular weight excluding hydrogens is 757 g/mol. The van der Waals surface area contributed by atoms with E-state index in [1.807, 2.05) is 12.1 Å². The van der Waals surface area contributed by atoms with E-state index < -0.39 is 0 Å². The molecule has 0 unspecified atom stereocenters. The summed E-state index contributed by atoms with van der Waals surface area (Å²) >= 11 is 0. The van der Waals surface area contributed by atoms with Crippen LogP contribution in [-0.2, 0) is 0 Å². The molecule has 0 fully saturated rings. The lowest BCUT2D eigenvalue weighted by atomic mass is 9.97. The number of rotatable bonds is 6. The zero-order valence-corrected chi connectivity index (χ0v) is 33.5. The Balaban J connectivity index is 1.01. The summed E-state index contributed by atoms with van der Waals surface area (Å²) in [5.41, 5.74) is 14.7. The highest BCUT2D eigenvalue weighted by atomic mass is 16.3. The van der Waals surface area contributed by atoms with Gasteiger partial charge in [0.15, 0.2) is 0 Å². The van der Waals surface area contributed by atoms with Gasteiger partial charge in [-0.05, 0) is 107 Å². The van der Waals surface area contributed by atoms with Crippen molar-refractivity contribution in [3.8, 4) is 27.9 Å². The minimum absolute atomic E-state index is 0.880. The van der Waals surface area contributed by atoms with Crippen LogP contribution in [0.2, 0.25) is 0 Å². The van der Waals surface area contributed by atoms with Gasteiger partial charge in [0.1, 0.15) is 22.3 Å². The fraction of sp³-hybridized carbons (Fsp3) is 0. The van der Waals surface area contributed by atoms with Crippen molar-refractivity contribution in [1.82, 2.24) is 4.57 Å². The monoisotopic (exact) mass is 792 g/mol. The number of nitrogens with zero attached hydrogens (tertiary/aromatic N) is 2. The number of benzene rings is 10. The quantitative estimate of drug-likeness (QED) is 0.168. The molecule has 0 saturated carbocycles. The van der Waals surface area contributed by atoms with E-state index in [2.05, 4.69) is 216 Å². The zero-order chi connectivity index (χ0) is 40.7. The summed E-state index contributed by atoms with van der Waals surface area (Å²) in [4.78, 5) is 2.40. The van der Waals surface area contributed by atoms with Crippen LogP contribution < -0.4 is 4.90 Å². The number of furan rings is 2. The molecule has 62 heavy (non-hydrogen) atoms. The lowest BCUT2D eigenvalue weighted by Crippen LogP contribution is -2.13. The van der Waals surface area contributed by atoms with Crippen LogP contribution in [0.3, 0.4) is 0 Å². The van der Waals surface area contributed by atoms with Crippen LogP contribution >= 0.6 is 0 Å². The minimum Gasteiger partial charge on any atom is -0.456 e. The first-order valence-electron chi connectivity index (χ1n) is 21.1. The summed E-state index contributed by atoms with van der Waals surface area (Å²) in [6.07, 6.45) is 0. The van der Waals surface area contributed by atoms with Crippen molar-refractivity contribution in [3.05, 3.63) is 218 Å². The van der Waals surface area contributed by atoms with Crippen molar-refractivity contribution < 1.29 is 8.83 Å². The summed E-state index contributed by atoms with van der Waals surface area (Å²) in [6, 6.07) is 78.1. The van der Waals surface area contributed by atoms with E-state index in [9.17, 15) is 0 Å². The Labute approximate surface area is 356 Å². The highest BCUT2D eigenvalue weighted by Crippen LogP contribution is 2.45. The molecule has 0 atom stereocenters. The highest BCUT2D eigenvalue weighted by Gasteiger charge is 2.22. The van der Waals surface area contributed by atoms with Crippen LogP contribution in [0.15, 0.2) is 227 Å². The molecule has 0 aliphatic carbocycles. The van der Waals surface area contributed by atoms with Gasteiger partial charge < -0.3 is 18.3 Å². The Morgan fingerprint density at radius 1 is 0.355 bits per heavy atom. The van der Waals surface area contributed by atoms with Crippen molar-refractivity contribution in [2.75, 3.05) is 4.90 Å². The van der Waals surface area contributed by atoms with Gasteiger partial charge in [-0.25, -0.2) is 0 Å². The molecule has 0 amide bonds. The molecule has 10 aromatic carbocycles. The Bertz CT molecular complexity index is 3830. The van der Waals surface area contributed by atoms with Gasteiger partial charge in [-0.2, -0.15) is 0 Å². The average Bonchev–Trinajstić information content (AvgIpc) is 4.02. The van der Waals surface area contributed by atoms with Gasteiger partial charge in [0, 0.05) is 49.1 Å². The molecule has 4 nitrogen and oxygen atoms in total. The average molecular weight is 793 g/mol. The van der Waals surface area contributed by atoms with Crippen molar-refractivity contribution >= 4 is 93.5 Å². The molecule has 0 bridgehead atoms. The molecule has 0 saturated heterocycles. The van der Waals surface area contributed by atoms with Gasteiger partial charge in [-0.15, -0.1) is 0 Å². The summed E-state index contributed by atoms with van der Waals surface area (Å²) in [7, 11) is 0. The Morgan fingerprint density at radius 3 is 1.85 bits per heavy atom.